The van der Waals surface area contributed by atoms with Gasteiger partial charge in [0, 0.05) is 24.5 Å². The number of hydrogen-bond donors (Lipinski definition) is 1. The normalized spacial score (nSPS) is 16.0. The van der Waals surface area contributed by atoms with Gasteiger partial charge in [0.15, 0.2) is 0 Å². The first-order chi connectivity index (χ1) is 11.3. The van der Waals surface area contributed by atoms with Crippen molar-refractivity contribution in [1.29, 1.82) is 0 Å². The third kappa shape index (κ3) is 3.23. The molecule has 0 unspecified atom stereocenters. The first kappa shape index (κ1) is 15.0. The molecular formula is C17H18IN5. The molecule has 1 saturated heterocycles. The molecule has 0 spiro atoms. The number of piperidine rings is 1. The largest absolute Gasteiger partial charge is 0.299 e. The predicted molar refractivity (Wildman–Crippen MR) is 99.0 cm³/mol. The van der Waals surface area contributed by atoms with Crippen LogP contribution in [0, 0.1) is 3.70 Å². The van der Waals surface area contributed by atoms with E-state index in [4.69, 9.17) is 4.98 Å². The lowest BCUT2D eigenvalue weighted by atomic mass is 10.1. The number of likely N-dealkylation sites (tertiary alicyclic amines) is 1. The number of rotatable bonds is 3. The fourth-order valence-electron chi connectivity index (χ4n) is 3.12. The average Bonchev–Trinajstić information content (AvgIpc) is 2.97. The van der Waals surface area contributed by atoms with Crippen LogP contribution in [0.3, 0.4) is 0 Å². The molecule has 1 aliphatic rings. The molecular weight excluding hydrogens is 401 g/mol. The molecule has 3 aromatic heterocycles. The maximum absolute atomic E-state index is 4.74. The summed E-state index contributed by atoms with van der Waals surface area (Å²) >= 11 is 2.23. The molecule has 0 radical (unpaired) electrons. The molecule has 6 heteroatoms. The summed E-state index contributed by atoms with van der Waals surface area (Å²) in [5, 5.41) is 7.20. The Balaban J connectivity index is 1.62. The summed E-state index contributed by atoms with van der Waals surface area (Å²) in [4.78, 5) is 11.7. The fraction of sp³-hybridized carbons (Fsp3) is 0.353. The lowest BCUT2D eigenvalue weighted by Gasteiger charge is -2.26. The van der Waals surface area contributed by atoms with Crippen LogP contribution in [0.15, 0.2) is 30.6 Å². The first-order valence-corrected chi connectivity index (χ1v) is 9.05. The molecule has 23 heavy (non-hydrogen) atoms. The summed E-state index contributed by atoms with van der Waals surface area (Å²) in [5.41, 5.74) is 5.09. The molecule has 0 atom stereocenters. The lowest BCUT2D eigenvalue weighted by Crippen LogP contribution is -2.29. The molecule has 1 aliphatic heterocycles. The van der Waals surface area contributed by atoms with E-state index in [1.807, 2.05) is 24.5 Å². The number of halogens is 1. The molecule has 0 aliphatic carbocycles. The number of nitrogens with one attached hydrogen (secondary N) is 1. The number of nitrogens with zero attached hydrogens (tertiary/aromatic N) is 4. The number of aromatic amines is 1. The van der Waals surface area contributed by atoms with Gasteiger partial charge in [-0.15, -0.1) is 0 Å². The van der Waals surface area contributed by atoms with Crippen LogP contribution >= 0.6 is 22.6 Å². The summed E-state index contributed by atoms with van der Waals surface area (Å²) in [6.45, 7) is 3.37. The minimum Gasteiger partial charge on any atom is -0.299 e. The van der Waals surface area contributed by atoms with E-state index in [1.54, 1.807) is 0 Å². The van der Waals surface area contributed by atoms with Crippen LogP contribution in [0.25, 0.3) is 22.3 Å². The molecule has 0 aromatic carbocycles. The molecule has 0 saturated carbocycles. The number of pyridine rings is 2. The highest BCUT2D eigenvalue weighted by Crippen LogP contribution is 2.23. The molecule has 1 fully saturated rings. The smallest absolute Gasteiger partial charge is 0.122 e. The van der Waals surface area contributed by atoms with E-state index in [0.717, 1.165) is 32.5 Å². The zero-order valence-corrected chi connectivity index (χ0v) is 15.0. The number of aromatic nitrogens is 4. The van der Waals surface area contributed by atoms with Gasteiger partial charge in [-0.1, -0.05) is 6.42 Å². The number of fused-ring (bicyclic) bond motifs is 1. The second kappa shape index (κ2) is 6.52. The Labute approximate surface area is 148 Å². The summed E-state index contributed by atoms with van der Waals surface area (Å²) in [5.74, 6) is 0. The summed E-state index contributed by atoms with van der Waals surface area (Å²) in [6, 6.07) is 6.23. The van der Waals surface area contributed by atoms with Crippen molar-refractivity contribution in [3.05, 3.63) is 39.9 Å². The predicted octanol–water partition coefficient (Wildman–Crippen LogP) is 3.61. The van der Waals surface area contributed by atoms with Gasteiger partial charge >= 0.3 is 0 Å². The van der Waals surface area contributed by atoms with E-state index in [1.165, 1.54) is 37.9 Å². The van der Waals surface area contributed by atoms with Crippen molar-refractivity contribution >= 4 is 33.6 Å². The van der Waals surface area contributed by atoms with Gasteiger partial charge in [0.2, 0.25) is 0 Å². The van der Waals surface area contributed by atoms with Crippen LogP contribution in [-0.4, -0.2) is 38.2 Å². The Morgan fingerprint density at radius 1 is 1.13 bits per heavy atom. The number of hydrogen-bond acceptors (Lipinski definition) is 4. The molecule has 4 rings (SSSR count). The van der Waals surface area contributed by atoms with Crippen LogP contribution in [0.5, 0.6) is 0 Å². The molecule has 0 amide bonds. The van der Waals surface area contributed by atoms with E-state index in [9.17, 15) is 0 Å². The van der Waals surface area contributed by atoms with Crippen molar-refractivity contribution in [2.24, 2.45) is 0 Å². The Kier molecular flexibility index (Phi) is 4.26. The summed E-state index contributed by atoms with van der Waals surface area (Å²) in [7, 11) is 0. The van der Waals surface area contributed by atoms with Gasteiger partial charge < -0.3 is 0 Å². The van der Waals surface area contributed by atoms with Crippen LogP contribution in [-0.2, 0) is 6.54 Å². The molecule has 4 heterocycles. The van der Waals surface area contributed by atoms with Gasteiger partial charge in [-0.3, -0.25) is 15.0 Å². The third-order valence-electron chi connectivity index (χ3n) is 4.30. The van der Waals surface area contributed by atoms with Crippen molar-refractivity contribution in [1.82, 2.24) is 25.1 Å². The van der Waals surface area contributed by atoms with Crippen LogP contribution in [0.1, 0.15) is 24.8 Å². The van der Waals surface area contributed by atoms with Crippen molar-refractivity contribution in [2.75, 3.05) is 13.1 Å². The van der Waals surface area contributed by atoms with E-state index in [2.05, 4.69) is 48.7 Å². The van der Waals surface area contributed by atoms with Gasteiger partial charge in [0.25, 0.3) is 0 Å². The van der Waals surface area contributed by atoms with Crippen LogP contribution in [0.2, 0.25) is 0 Å². The van der Waals surface area contributed by atoms with Crippen LogP contribution in [0.4, 0.5) is 0 Å². The van der Waals surface area contributed by atoms with E-state index < -0.39 is 0 Å². The second-order valence-electron chi connectivity index (χ2n) is 6.02. The maximum Gasteiger partial charge on any atom is 0.122 e. The summed E-state index contributed by atoms with van der Waals surface area (Å²) < 4.78 is 0.969. The highest BCUT2D eigenvalue weighted by molar-refractivity contribution is 14.1. The van der Waals surface area contributed by atoms with E-state index in [0.29, 0.717) is 0 Å². The van der Waals surface area contributed by atoms with Gasteiger partial charge in [0.1, 0.15) is 14.7 Å². The van der Waals surface area contributed by atoms with E-state index >= 15 is 0 Å². The topological polar surface area (TPSA) is 57.7 Å². The van der Waals surface area contributed by atoms with Gasteiger partial charge in [-0.2, -0.15) is 5.10 Å². The van der Waals surface area contributed by atoms with Crippen molar-refractivity contribution in [3.63, 3.8) is 0 Å². The van der Waals surface area contributed by atoms with Crippen LogP contribution < -0.4 is 0 Å². The minimum atomic E-state index is 0.899. The Hall–Kier alpha value is -1.54. The molecule has 0 bridgehead atoms. The Bertz CT molecular complexity index is 823. The maximum atomic E-state index is 4.74. The Morgan fingerprint density at radius 2 is 2.00 bits per heavy atom. The van der Waals surface area contributed by atoms with Gasteiger partial charge in [-0.05, 0) is 72.3 Å². The molecule has 118 valence electrons. The minimum absolute atomic E-state index is 0.899. The zero-order valence-electron chi connectivity index (χ0n) is 12.8. The van der Waals surface area contributed by atoms with Gasteiger partial charge in [0.05, 0.1) is 5.69 Å². The summed E-state index contributed by atoms with van der Waals surface area (Å²) in [6.07, 6.45) is 7.84. The second-order valence-corrected chi connectivity index (χ2v) is 7.10. The SMILES string of the molecule is Ic1[nH]nc2ccc(-c3cncc(CN4CCCCC4)c3)nc12. The highest BCUT2D eigenvalue weighted by atomic mass is 127. The number of H-pyrrole nitrogens is 1. The average molecular weight is 419 g/mol. The van der Waals surface area contributed by atoms with E-state index in [-0.39, 0.29) is 0 Å². The Morgan fingerprint density at radius 3 is 2.87 bits per heavy atom. The van der Waals surface area contributed by atoms with Crippen molar-refractivity contribution in [3.8, 4) is 11.3 Å². The van der Waals surface area contributed by atoms with Crippen molar-refractivity contribution in [2.45, 2.75) is 25.8 Å². The first-order valence-electron chi connectivity index (χ1n) is 7.97. The quantitative estimate of drug-likeness (QED) is 0.660. The highest BCUT2D eigenvalue weighted by Gasteiger charge is 2.12. The molecule has 5 nitrogen and oxygen atoms in total. The zero-order chi connectivity index (χ0) is 15.6. The molecule has 3 aromatic rings. The van der Waals surface area contributed by atoms with Crippen molar-refractivity contribution < 1.29 is 0 Å². The fourth-order valence-corrected chi connectivity index (χ4v) is 3.63. The standard InChI is InChI=1S/C17H18IN5/c18-17-16-15(21-22-17)5-4-14(20-16)13-8-12(9-19-10-13)11-23-6-2-1-3-7-23/h4-5,8-10H,1-3,6-7,11H2,(H,21,22). The lowest BCUT2D eigenvalue weighted by molar-refractivity contribution is 0.220. The van der Waals surface area contributed by atoms with Gasteiger partial charge in [-0.25, -0.2) is 4.98 Å². The monoisotopic (exact) mass is 419 g/mol. The molecule has 1 N–H and O–H groups in total. The third-order valence-corrected chi connectivity index (χ3v) is 5.05.